The fourth-order valence-electron chi connectivity index (χ4n) is 1.55. The number of rotatable bonds is 0. The number of hydrogen-bond donors (Lipinski definition) is 1. The Morgan fingerprint density at radius 2 is 1.83 bits per heavy atom. The Bertz CT molecular complexity index is 564. The molecule has 2 aromatic rings. The predicted molar refractivity (Wildman–Crippen MR) is 71.9 cm³/mol. The van der Waals surface area contributed by atoms with Crippen LogP contribution in [0.15, 0.2) is 53.7 Å². The highest BCUT2D eigenvalue weighted by Gasteiger charge is 2.11. The molecule has 0 unspecified atom stereocenters. The van der Waals surface area contributed by atoms with Crippen LogP contribution in [0.1, 0.15) is 15.9 Å². The highest BCUT2D eigenvalue weighted by molar-refractivity contribution is 6.07. The fourth-order valence-corrected chi connectivity index (χ4v) is 1.55. The summed E-state index contributed by atoms with van der Waals surface area (Å²) in [4.78, 5) is 18.9. The Balaban J connectivity index is 0.000000149. The monoisotopic (exact) mass is 239 g/mol. The summed E-state index contributed by atoms with van der Waals surface area (Å²) in [6.45, 7) is 0.303. The lowest BCUT2D eigenvalue weighted by atomic mass is 10.0. The van der Waals surface area contributed by atoms with Crippen LogP contribution in [0, 0.1) is 0 Å². The summed E-state index contributed by atoms with van der Waals surface area (Å²) >= 11 is 0. The molecular formula is C14H13N3O. The van der Waals surface area contributed by atoms with Crippen LogP contribution in [0.25, 0.3) is 0 Å². The molecule has 0 aliphatic carbocycles. The Hall–Kier alpha value is -2.49. The second kappa shape index (κ2) is 5.72. The molecule has 2 N–H and O–H groups in total. The molecule has 0 fully saturated rings. The van der Waals surface area contributed by atoms with Gasteiger partial charge in [0.2, 0.25) is 0 Å². The van der Waals surface area contributed by atoms with E-state index in [2.05, 4.69) is 9.98 Å². The Morgan fingerprint density at radius 3 is 2.44 bits per heavy atom. The quantitative estimate of drug-likeness (QED) is 0.764. The van der Waals surface area contributed by atoms with Gasteiger partial charge in [0.15, 0.2) is 5.78 Å². The van der Waals surface area contributed by atoms with Crippen molar-refractivity contribution in [2.45, 2.75) is 0 Å². The number of anilines is 1. The number of carbonyl (C=O) groups is 1. The Labute approximate surface area is 105 Å². The third-order valence-electron chi connectivity index (χ3n) is 2.41. The summed E-state index contributed by atoms with van der Waals surface area (Å²) in [5.41, 5.74) is 6.97. The summed E-state index contributed by atoms with van der Waals surface area (Å²) in [5, 5.41) is 0. The summed E-state index contributed by atoms with van der Waals surface area (Å²) in [5.74, 6) is 0.686. The molecule has 3 rings (SSSR count). The lowest BCUT2D eigenvalue weighted by Gasteiger charge is -2.06. The van der Waals surface area contributed by atoms with Crippen molar-refractivity contribution in [1.29, 1.82) is 0 Å². The molecule has 0 saturated carbocycles. The molecular weight excluding hydrogens is 226 g/mol. The molecule has 4 nitrogen and oxygen atoms in total. The van der Waals surface area contributed by atoms with Gasteiger partial charge in [0.1, 0.15) is 12.4 Å². The molecule has 0 bridgehead atoms. The summed E-state index contributed by atoms with van der Waals surface area (Å²) in [6.07, 6.45) is 3.41. The molecule has 0 spiro atoms. The molecule has 2 heterocycles. The van der Waals surface area contributed by atoms with Crippen LogP contribution in [0.3, 0.4) is 0 Å². The van der Waals surface area contributed by atoms with Crippen LogP contribution in [-0.2, 0) is 0 Å². The van der Waals surface area contributed by atoms with Crippen LogP contribution >= 0.6 is 0 Å². The molecule has 1 aromatic heterocycles. The van der Waals surface area contributed by atoms with Crippen LogP contribution in [0.4, 0.5) is 5.82 Å². The topological polar surface area (TPSA) is 68.3 Å². The Morgan fingerprint density at radius 1 is 1.06 bits per heavy atom. The Kier molecular flexibility index (Phi) is 3.81. The number of carbonyl (C=O) groups excluding carboxylic acids is 1. The van der Waals surface area contributed by atoms with E-state index in [-0.39, 0.29) is 5.78 Å². The largest absolute Gasteiger partial charge is 0.384 e. The highest BCUT2D eigenvalue weighted by Crippen LogP contribution is 2.10. The van der Waals surface area contributed by atoms with E-state index in [1.54, 1.807) is 18.5 Å². The number of benzene rings is 1. The molecule has 0 saturated heterocycles. The van der Waals surface area contributed by atoms with Gasteiger partial charge < -0.3 is 5.73 Å². The lowest BCUT2D eigenvalue weighted by molar-refractivity contribution is 0.100. The van der Waals surface area contributed by atoms with Crippen molar-refractivity contribution in [3.63, 3.8) is 0 Å². The van der Waals surface area contributed by atoms with Crippen molar-refractivity contribution < 1.29 is 4.79 Å². The third kappa shape index (κ3) is 3.01. The van der Waals surface area contributed by atoms with Crippen LogP contribution in [-0.4, -0.2) is 23.5 Å². The summed E-state index contributed by atoms with van der Waals surface area (Å²) in [6, 6.07) is 12.9. The van der Waals surface area contributed by atoms with Gasteiger partial charge in [-0.25, -0.2) is 4.98 Å². The van der Waals surface area contributed by atoms with Crippen molar-refractivity contribution in [3.8, 4) is 0 Å². The van der Waals surface area contributed by atoms with Crippen molar-refractivity contribution in [3.05, 3.63) is 59.8 Å². The third-order valence-corrected chi connectivity index (χ3v) is 2.41. The maximum absolute atomic E-state index is 11.2. The summed E-state index contributed by atoms with van der Waals surface area (Å²) in [7, 11) is 0. The maximum Gasteiger partial charge on any atom is 0.184 e. The smallest absolute Gasteiger partial charge is 0.184 e. The van der Waals surface area contributed by atoms with Crippen molar-refractivity contribution in [1.82, 2.24) is 4.98 Å². The molecule has 0 amide bonds. The average molecular weight is 239 g/mol. The zero-order valence-corrected chi connectivity index (χ0v) is 9.78. The summed E-state index contributed by atoms with van der Waals surface area (Å²) < 4.78 is 0. The number of aliphatic imine (C=N–C) groups is 1. The SMILES string of the molecule is Nc1ccccn1.O=C1CN=Cc2ccccc21. The minimum absolute atomic E-state index is 0.114. The molecule has 4 heteroatoms. The van der Waals surface area contributed by atoms with E-state index < -0.39 is 0 Å². The van der Waals surface area contributed by atoms with Gasteiger partial charge >= 0.3 is 0 Å². The fraction of sp³-hybridized carbons (Fsp3) is 0.0714. The first-order valence-corrected chi connectivity index (χ1v) is 5.56. The van der Waals surface area contributed by atoms with Crippen LogP contribution in [0.2, 0.25) is 0 Å². The number of pyridine rings is 1. The molecule has 0 atom stereocenters. The predicted octanol–water partition coefficient (Wildman–Crippen LogP) is 1.97. The van der Waals surface area contributed by atoms with E-state index in [0.717, 1.165) is 11.1 Å². The molecule has 0 radical (unpaired) electrons. The number of nitrogen functional groups attached to an aromatic ring is 1. The van der Waals surface area contributed by atoms with E-state index in [1.807, 2.05) is 36.4 Å². The van der Waals surface area contributed by atoms with Gasteiger partial charge in [0.25, 0.3) is 0 Å². The van der Waals surface area contributed by atoms with Crippen molar-refractivity contribution in [2.24, 2.45) is 4.99 Å². The van der Waals surface area contributed by atoms with E-state index >= 15 is 0 Å². The number of nitrogens with two attached hydrogens (primary N) is 1. The lowest BCUT2D eigenvalue weighted by Crippen LogP contribution is -2.11. The second-order valence-electron chi connectivity index (χ2n) is 3.73. The van der Waals surface area contributed by atoms with Crippen molar-refractivity contribution in [2.75, 3.05) is 12.3 Å². The first-order chi connectivity index (χ1) is 8.77. The van der Waals surface area contributed by atoms with Gasteiger partial charge in [-0.15, -0.1) is 0 Å². The van der Waals surface area contributed by atoms with E-state index in [1.165, 1.54) is 0 Å². The normalized spacial score (nSPS) is 12.3. The maximum atomic E-state index is 11.2. The molecule has 1 aliphatic rings. The van der Waals surface area contributed by atoms with E-state index in [4.69, 9.17) is 5.73 Å². The molecule has 1 aromatic carbocycles. The van der Waals surface area contributed by atoms with E-state index in [0.29, 0.717) is 12.4 Å². The number of fused-ring (bicyclic) bond motifs is 1. The number of ketones is 1. The number of hydrogen-bond acceptors (Lipinski definition) is 4. The van der Waals surface area contributed by atoms with Crippen LogP contribution in [0.5, 0.6) is 0 Å². The molecule has 90 valence electrons. The van der Waals surface area contributed by atoms with Crippen molar-refractivity contribution >= 4 is 17.8 Å². The zero-order chi connectivity index (χ0) is 12.8. The number of Topliss-reactive ketones (excluding diaryl/α,β-unsaturated/α-hetero) is 1. The van der Waals surface area contributed by atoms with Gasteiger partial charge in [-0.05, 0) is 12.1 Å². The number of aromatic nitrogens is 1. The average Bonchev–Trinajstić information content (AvgIpc) is 2.41. The minimum atomic E-state index is 0.114. The molecule has 18 heavy (non-hydrogen) atoms. The van der Waals surface area contributed by atoms with Crippen LogP contribution < -0.4 is 5.73 Å². The first kappa shape index (κ1) is 12.0. The van der Waals surface area contributed by atoms with Gasteiger partial charge in [-0.1, -0.05) is 30.3 Å². The highest BCUT2D eigenvalue weighted by atomic mass is 16.1. The molecule has 1 aliphatic heterocycles. The minimum Gasteiger partial charge on any atom is -0.384 e. The zero-order valence-electron chi connectivity index (χ0n) is 9.78. The van der Waals surface area contributed by atoms with Gasteiger partial charge in [0, 0.05) is 23.5 Å². The van der Waals surface area contributed by atoms with E-state index in [9.17, 15) is 4.79 Å². The van der Waals surface area contributed by atoms with Gasteiger partial charge in [-0.3, -0.25) is 9.79 Å². The second-order valence-corrected chi connectivity index (χ2v) is 3.73. The first-order valence-electron chi connectivity index (χ1n) is 5.56. The van der Waals surface area contributed by atoms with Gasteiger partial charge in [0.05, 0.1) is 0 Å². The standard InChI is InChI=1S/C9H7NO.C5H6N2/c11-9-6-10-5-7-3-1-2-4-8(7)9;6-5-3-1-2-4-7-5/h1-5H,6H2;1-4H,(H2,6,7). The number of nitrogens with zero attached hydrogens (tertiary/aromatic N) is 2. The van der Waals surface area contributed by atoms with Gasteiger partial charge in [-0.2, -0.15) is 0 Å².